The molecule has 57 heavy (non-hydrogen) atoms. The lowest BCUT2D eigenvalue weighted by Crippen LogP contribution is -2.23. The number of benzene rings is 7. The molecule has 3 aliphatic carbocycles. The molecular weight excluding hydrogens is 689 g/mol. The van der Waals surface area contributed by atoms with E-state index in [0.29, 0.717) is 5.92 Å². The van der Waals surface area contributed by atoms with Gasteiger partial charge in [-0.05, 0) is 123 Å². The van der Waals surface area contributed by atoms with E-state index in [1.54, 1.807) is 0 Å². The first-order valence-electron chi connectivity index (χ1n) is 20.3. The summed E-state index contributed by atoms with van der Waals surface area (Å²) in [5.41, 5.74) is 23.0. The molecule has 8 aromatic rings. The lowest BCUT2D eigenvalue weighted by molar-refractivity contribution is 0.657. The van der Waals surface area contributed by atoms with Crippen molar-refractivity contribution in [2.75, 3.05) is 4.90 Å². The topological polar surface area (TPSA) is 8.17 Å². The monoisotopic (exact) mass is 732 g/mol. The number of rotatable bonds is 5. The third-order valence-electron chi connectivity index (χ3n) is 13.0. The van der Waals surface area contributed by atoms with Gasteiger partial charge in [-0.25, -0.2) is 0 Å². The number of allylic oxidation sites excluding steroid dienone is 4. The molecule has 0 bridgehead atoms. The summed E-state index contributed by atoms with van der Waals surface area (Å²) >= 11 is 0. The molecule has 0 saturated carbocycles. The van der Waals surface area contributed by atoms with E-state index in [0.717, 1.165) is 6.42 Å². The summed E-state index contributed by atoms with van der Waals surface area (Å²) in [5, 5.41) is 1.32. The van der Waals surface area contributed by atoms with Crippen molar-refractivity contribution in [1.82, 2.24) is 4.57 Å². The van der Waals surface area contributed by atoms with Gasteiger partial charge in [-0.15, -0.1) is 0 Å². The highest BCUT2D eigenvalue weighted by Crippen LogP contribution is 2.52. The molecule has 2 heteroatoms. The van der Waals surface area contributed by atoms with Gasteiger partial charge in [0, 0.05) is 50.7 Å². The molecule has 0 aliphatic heterocycles. The van der Waals surface area contributed by atoms with Crippen LogP contribution in [0.2, 0.25) is 0 Å². The van der Waals surface area contributed by atoms with Crippen LogP contribution in [0.4, 0.5) is 11.4 Å². The Hall–Kier alpha value is -6.64. The number of hydrogen-bond donors (Lipinski definition) is 0. The van der Waals surface area contributed by atoms with Gasteiger partial charge in [-0.3, -0.25) is 0 Å². The molecule has 274 valence electrons. The molecule has 7 aromatic carbocycles. The summed E-state index contributed by atoms with van der Waals surface area (Å²) in [4.78, 5) is 2.48. The van der Waals surface area contributed by atoms with Crippen molar-refractivity contribution >= 4 is 22.3 Å². The fourth-order valence-corrected chi connectivity index (χ4v) is 10.2. The van der Waals surface area contributed by atoms with Gasteiger partial charge in [-0.1, -0.05) is 148 Å². The van der Waals surface area contributed by atoms with E-state index in [-0.39, 0.29) is 5.41 Å². The molecule has 11 rings (SSSR count). The molecule has 0 fully saturated rings. The lowest BCUT2D eigenvalue weighted by atomic mass is 9.82. The minimum Gasteiger partial charge on any atom is -0.314 e. The van der Waals surface area contributed by atoms with Gasteiger partial charge in [0.2, 0.25) is 0 Å². The van der Waals surface area contributed by atoms with Crippen LogP contribution < -0.4 is 4.90 Å². The van der Waals surface area contributed by atoms with Crippen molar-refractivity contribution in [3.63, 3.8) is 0 Å². The van der Waals surface area contributed by atoms with E-state index >= 15 is 0 Å². The molecule has 1 unspecified atom stereocenters. The third-order valence-corrected chi connectivity index (χ3v) is 13.0. The van der Waals surface area contributed by atoms with Crippen LogP contribution in [0.25, 0.3) is 72.2 Å². The molecule has 0 spiro atoms. The normalized spacial score (nSPS) is 15.6. The molecule has 1 atom stereocenters. The number of nitrogens with zero attached hydrogens (tertiary/aromatic N) is 2. The van der Waals surface area contributed by atoms with Crippen LogP contribution in [0.1, 0.15) is 44.0 Å². The molecule has 3 aliphatic rings. The van der Waals surface area contributed by atoms with Gasteiger partial charge in [0.15, 0.2) is 0 Å². The number of anilines is 2. The second-order valence-electron chi connectivity index (χ2n) is 16.6. The first-order chi connectivity index (χ1) is 27.9. The van der Waals surface area contributed by atoms with Gasteiger partial charge >= 0.3 is 0 Å². The molecule has 0 N–H and O–H groups in total. The van der Waals surface area contributed by atoms with Crippen LogP contribution in [-0.2, 0) is 5.41 Å². The first kappa shape index (κ1) is 33.7. The van der Waals surface area contributed by atoms with E-state index in [2.05, 4.69) is 213 Å². The highest BCUT2D eigenvalue weighted by Gasteiger charge is 2.36. The summed E-state index contributed by atoms with van der Waals surface area (Å²) < 4.78 is 2.45. The summed E-state index contributed by atoms with van der Waals surface area (Å²) in [7, 11) is 0. The minimum absolute atomic E-state index is 0.0587. The Morgan fingerprint density at radius 2 is 1.14 bits per heavy atom. The average molecular weight is 733 g/mol. The fraction of sp³-hybridized carbons (Fsp3) is 0.127. The Balaban J connectivity index is 0.967. The second-order valence-corrected chi connectivity index (χ2v) is 16.6. The van der Waals surface area contributed by atoms with Crippen molar-refractivity contribution in [2.45, 2.75) is 39.5 Å². The van der Waals surface area contributed by atoms with Gasteiger partial charge in [-0.2, -0.15) is 0 Å². The van der Waals surface area contributed by atoms with Crippen LogP contribution in [0, 0.1) is 12.8 Å². The Bertz CT molecular complexity index is 2970. The molecule has 1 aromatic heterocycles. The molecule has 0 saturated heterocycles. The largest absolute Gasteiger partial charge is 0.314 e. The summed E-state index contributed by atoms with van der Waals surface area (Å²) in [5.74, 6) is 0.405. The molecule has 1 heterocycles. The first-order valence-corrected chi connectivity index (χ1v) is 20.3. The average Bonchev–Trinajstić information content (AvgIpc) is 3.62. The zero-order valence-corrected chi connectivity index (χ0v) is 32.9. The highest BCUT2D eigenvalue weighted by atomic mass is 15.2. The van der Waals surface area contributed by atoms with E-state index in [4.69, 9.17) is 0 Å². The van der Waals surface area contributed by atoms with E-state index < -0.39 is 0 Å². The number of aromatic nitrogens is 1. The lowest BCUT2D eigenvalue weighted by Gasteiger charge is -2.33. The second kappa shape index (κ2) is 12.7. The van der Waals surface area contributed by atoms with Gasteiger partial charge in [0.05, 0.1) is 5.52 Å². The van der Waals surface area contributed by atoms with Gasteiger partial charge in [0.25, 0.3) is 0 Å². The maximum Gasteiger partial charge on any atom is 0.0544 e. The maximum atomic E-state index is 2.48. The highest BCUT2D eigenvalue weighted by molar-refractivity contribution is 6.14. The van der Waals surface area contributed by atoms with Crippen LogP contribution in [-0.4, -0.2) is 4.57 Å². The smallest absolute Gasteiger partial charge is 0.0544 e. The van der Waals surface area contributed by atoms with Crippen LogP contribution in [0.15, 0.2) is 182 Å². The van der Waals surface area contributed by atoms with Gasteiger partial charge in [0.1, 0.15) is 0 Å². The van der Waals surface area contributed by atoms with Gasteiger partial charge < -0.3 is 9.47 Å². The van der Waals surface area contributed by atoms with E-state index in [1.165, 1.54) is 106 Å². The summed E-state index contributed by atoms with van der Waals surface area (Å²) in [6, 6.07) is 58.9. The van der Waals surface area contributed by atoms with Crippen LogP contribution in [0.3, 0.4) is 0 Å². The standard InChI is InChI=1S/C55H44N2/c1-35-14-5-12-22-51(35)57(41-32-33-46-45-18-10-11-21-49(45)55(3,4)50(46)34-41)40-30-26-38(27-31-40)37-24-28-39(29-25-37)56-36(2)53-47-19-9-8-16-43(47)42-15-6-7-17-44(42)48-20-13-23-52(56)54(48)53/h5-13,15-35H,14H2,1-4H3. The van der Waals surface area contributed by atoms with E-state index in [1.807, 2.05) is 0 Å². The SMILES string of the molecule is Cc1c2c3c(cccc3n1-c1ccc(-c3ccc(N(C4=CC=CCC4C)c4ccc5c(c4)C(C)(C)c4ccccc4-5)cc3)cc1)-c1ccccc1-c1ccccc1-2. The Labute approximate surface area is 335 Å². The summed E-state index contributed by atoms with van der Waals surface area (Å²) in [6.45, 7) is 9.35. The summed E-state index contributed by atoms with van der Waals surface area (Å²) in [6.07, 6.45) is 7.84. The number of hydrogen-bond acceptors (Lipinski definition) is 1. The third kappa shape index (κ3) is 5.03. The van der Waals surface area contributed by atoms with Crippen molar-refractivity contribution in [3.05, 3.63) is 198 Å². The van der Waals surface area contributed by atoms with Crippen molar-refractivity contribution in [2.24, 2.45) is 5.92 Å². The van der Waals surface area contributed by atoms with Crippen molar-refractivity contribution in [3.8, 4) is 61.3 Å². The molecule has 2 nitrogen and oxygen atoms in total. The molecule has 0 amide bonds. The Kier molecular flexibility index (Phi) is 7.50. The predicted molar refractivity (Wildman–Crippen MR) is 240 cm³/mol. The van der Waals surface area contributed by atoms with Crippen molar-refractivity contribution < 1.29 is 0 Å². The number of fused-ring (bicyclic) bond motifs is 8. The maximum absolute atomic E-state index is 2.48. The van der Waals surface area contributed by atoms with Crippen LogP contribution in [0.5, 0.6) is 0 Å². The fourth-order valence-electron chi connectivity index (χ4n) is 10.2. The Morgan fingerprint density at radius 3 is 1.86 bits per heavy atom. The minimum atomic E-state index is -0.0587. The van der Waals surface area contributed by atoms with Crippen LogP contribution >= 0.6 is 0 Å². The zero-order chi connectivity index (χ0) is 38.4. The van der Waals surface area contributed by atoms with E-state index in [9.17, 15) is 0 Å². The predicted octanol–water partition coefficient (Wildman–Crippen LogP) is 14.8. The molecular formula is C55H44N2. The zero-order valence-electron chi connectivity index (χ0n) is 32.9. The van der Waals surface area contributed by atoms with Crippen molar-refractivity contribution in [1.29, 1.82) is 0 Å². The Morgan fingerprint density at radius 1 is 0.561 bits per heavy atom. The molecule has 0 radical (unpaired) electrons. The quantitative estimate of drug-likeness (QED) is 0.171.